The van der Waals surface area contributed by atoms with Gasteiger partial charge in [-0.3, -0.25) is 0 Å². The van der Waals surface area contributed by atoms with Crippen LogP contribution in [0.3, 0.4) is 0 Å². The van der Waals surface area contributed by atoms with Gasteiger partial charge in [0.05, 0.1) is 11.6 Å². The van der Waals surface area contributed by atoms with Gasteiger partial charge in [-0.25, -0.2) is 0 Å². The van der Waals surface area contributed by atoms with E-state index >= 15 is 0 Å². The Morgan fingerprint density at radius 3 is 2.83 bits per heavy atom. The normalized spacial score (nSPS) is 10.2. The summed E-state index contributed by atoms with van der Waals surface area (Å²) in [5.41, 5.74) is 1.93. The summed E-state index contributed by atoms with van der Waals surface area (Å²) in [5.74, 6) is 1.29. The monoisotopic (exact) mass is 262 g/mol. The van der Waals surface area contributed by atoms with E-state index in [2.05, 4.69) is 23.7 Å². The lowest BCUT2D eigenvalue weighted by atomic mass is 10.1. The van der Waals surface area contributed by atoms with Crippen molar-refractivity contribution in [3.8, 4) is 6.07 Å². The molecule has 0 aliphatic carbocycles. The Morgan fingerprint density at radius 1 is 1.22 bits per heavy atom. The van der Waals surface area contributed by atoms with E-state index in [9.17, 15) is 0 Å². The molecule has 0 aliphatic heterocycles. The zero-order valence-corrected chi connectivity index (χ0v) is 11.9. The average Bonchev–Trinajstić information content (AvgIpc) is 2.42. The minimum atomic E-state index is 0.742. The number of unbranched alkanes of at least 4 members (excludes halogenated alkanes) is 3. The number of hydrogen-bond acceptors (Lipinski definition) is 3. The summed E-state index contributed by atoms with van der Waals surface area (Å²) in [6.45, 7) is 1.93. The van der Waals surface area contributed by atoms with Crippen LogP contribution < -0.4 is 5.32 Å². The van der Waals surface area contributed by atoms with E-state index in [1.807, 2.05) is 30.0 Å². The van der Waals surface area contributed by atoms with E-state index in [1.54, 1.807) is 0 Å². The molecule has 0 amide bonds. The minimum Gasteiger partial charge on any atom is -0.313 e. The maximum absolute atomic E-state index is 8.80. The van der Waals surface area contributed by atoms with Gasteiger partial charge in [-0.15, -0.1) is 0 Å². The highest BCUT2D eigenvalue weighted by molar-refractivity contribution is 7.98. The van der Waals surface area contributed by atoms with Crippen LogP contribution in [-0.4, -0.2) is 18.6 Å². The van der Waals surface area contributed by atoms with Gasteiger partial charge < -0.3 is 5.32 Å². The fourth-order valence-corrected chi connectivity index (χ4v) is 2.33. The highest BCUT2D eigenvalue weighted by Gasteiger charge is 1.95. The van der Waals surface area contributed by atoms with Crippen molar-refractivity contribution in [2.75, 3.05) is 18.6 Å². The highest BCUT2D eigenvalue weighted by Crippen LogP contribution is 2.05. The molecule has 1 rings (SSSR count). The molecule has 0 aliphatic rings. The molecule has 0 fully saturated rings. The average molecular weight is 262 g/mol. The van der Waals surface area contributed by atoms with Gasteiger partial charge >= 0.3 is 0 Å². The van der Waals surface area contributed by atoms with Crippen molar-refractivity contribution in [3.63, 3.8) is 0 Å². The first kappa shape index (κ1) is 15.1. The molecule has 3 heteroatoms. The summed E-state index contributed by atoms with van der Waals surface area (Å²) in [6, 6.07) is 9.96. The fourth-order valence-electron chi connectivity index (χ4n) is 1.83. The van der Waals surface area contributed by atoms with Gasteiger partial charge in [0.15, 0.2) is 0 Å². The number of benzene rings is 1. The third-order valence-corrected chi connectivity index (χ3v) is 3.53. The zero-order chi connectivity index (χ0) is 13.1. The van der Waals surface area contributed by atoms with Gasteiger partial charge in [0.1, 0.15) is 0 Å². The molecule has 0 saturated heterocycles. The van der Waals surface area contributed by atoms with Crippen molar-refractivity contribution in [2.24, 2.45) is 0 Å². The maximum atomic E-state index is 8.80. The first-order valence-corrected chi connectivity index (χ1v) is 7.95. The number of rotatable bonds is 9. The van der Waals surface area contributed by atoms with Crippen LogP contribution in [0.25, 0.3) is 0 Å². The Hall–Kier alpha value is -0.980. The van der Waals surface area contributed by atoms with Crippen molar-refractivity contribution in [3.05, 3.63) is 35.4 Å². The lowest BCUT2D eigenvalue weighted by Gasteiger charge is -2.05. The van der Waals surface area contributed by atoms with E-state index in [0.717, 1.165) is 18.7 Å². The summed E-state index contributed by atoms with van der Waals surface area (Å²) in [7, 11) is 0. The topological polar surface area (TPSA) is 35.8 Å². The summed E-state index contributed by atoms with van der Waals surface area (Å²) >= 11 is 1.93. The predicted molar refractivity (Wildman–Crippen MR) is 79.7 cm³/mol. The fraction of sp³-hybridized carbons (Fsp3) is 0.533. The lowest BCUT2D eigenvalue weighted by Crippen LogP contribution is -2.14. The second-order valence-corrected chi connectivity index (χ2v) is 5.38. The molecule has 2 nitrogen and oxygen atoms in total. The number of nitriles is 1. The molecule has 1 N–H and O–H groups in total. The predicted octanol–water partition coefficient (Wildman–Crippen LogP) is 3.57. The van der Waals surface area contributed by atoms with E-state index in [4.69, 9.17) is 5.26 Å². The zero-order valence-electron chi connectivity index (χ0n) is 11.1. The van der Waals surface area contributed by atoms with Crippen molar-refractivity contribution in [2.45, 2.75) is 32.2 Å². The summed E-state index contributed by atoms with van der Waals surface area (Å²) in [6.07, 6.45) is 7.40. The van der Waals surface area contributed by atoms with Gasteiger partial charge in [0, 0.05) is 6.54 Å². The van der Waals surface area contributed by atoms with Crippen LogP contribution >= 0.6 is 11.8 Å². The van der Waals surface area contributed by atoms with Crippen LogP contribution in [0.2, 0.25) is 0 Å². The van der Waals surface area contributed by atoms with Crippen molar-refractivity contribution in [1.29, 1.82) is 5.26 Å². The van der Waals surface area contributed by atoms with Crippen molar-refractivity contribution >= 4 is 11.8 Å². The Bertz CT molecular complexity index is 371. The quantitative estimate of drug-likeness (QED) is 0.691. The standard InChI is InChI=1S/C15H22N2S/c1-18-10-5-3-2-4-9-17-13-15-8-6-7-14(11-15)12-16/h6-8,11,17H,2-5,9-10,13H2,1H3. The molecule has 98 valence electrons. The third-order valence-electron chi connectivity index (χ3n) is 2.84. The van der Waals surface area contributed by atoms with E-state index in [1.165, 1.54) is 37.0 Å². The second-order valence-electron chi connectivity index (χ2n) is 4.40. The molecule has 0 atom stereocenters. The SMILES string of the molecule is CSCCCCCCNCc1cccc(C#N)c1. The highest BCUT2D eigenvalue weighted by atomic mass is 32.2. The number of nitrogens with one attached hydrogen (secondary N) is 1. The van der Waals surface area contributed by atoms with Crippen LogP contribution in [0.15, 0.2) is 24.3 Å². The van der Waals surface area contributed by atoms with Crippen LogP contribution in [0, 0.1) is 11.3 Å². The van der Waals surface area contributed by atoms with Crippen molar-refractivity contribution < 1.29 is 0 Å². The van der Waals surface area contributed by atoms with Crippen LogP contribution in [0.4, 0.5) is 0 Å². The van der Waals surface area contributed by atoms with Crippen LogP contribution in [0.5, 0.6) is 0 Å². The number of hydrogen-bond donors (Lipinski definition) is 1. The Labute approximate surface area is 115 Å². The first-order chi connectivity index (χ1) is 8.86. The van der Waals surface area contributed by atoms with Crippen molar-refractivity contribution in [1.82, 2.24) is 5.32 Å². The Morgan fingerprint density at radius 2 is 2.06 bits per heavy atom. The van der Waals surface area contributed by atoms with E-state index in [0.29, 0.717) is 0 Å². The van der Waals surface area contributed by atoms with Gasteiger partial charge in [-0.1, -0.05) is 25.0 Å². The van der Waals surface area contributed by atoms with Gasteiger partial charge in [-0.05, 0) is 49.1 Å². The number of nitrogens with zero attached hydrogens (tertiary/aromatic N) is 1. The third kappa shape index (κ3) is 6.68. The second kappa shape index (κ2) is 9.99. The molecule has 0 bridgehead atoms. The summed E-state index contributed by atoms with van der Waals surface area (Å²) in [4.78, 5) is 0. The largest absolute Gasteiger partial charge is 0.313 e. The van der Waals surface area contributed by atoms with Crippen LogP contribution in [0.1, 0.15) is 36.8 Å². The molecule has 1 aromatic carbocycles. The molecule has 0 saturated carbocycles. The molecule has 0 spiro atoms. The lowest BCUT2D eigenvalue weighted by molar-refractivity contribution is 0.599. The molecule has 18 heavy (non-hydrogen) atoms. The molecular formula is C15H22N2S. The molecule has 1 aromatic rings. The minimum absolute atomic E-state index is 0.742. The summed E-state index contributed by atoms with van der Waals surface area (Å²) in [5, 5.41) is 12.2. The van der Waals surface area contributed by atoms with Crippen LogP contribution in [-0.2, 0) is 6.54 Å². The van der Waals surface area contributed by atoms with E-state index in [-0.39, 0.29) is 0 Å². The van der Waals surface area contributed by atoms with Gasteiger partial charge in [0.25, 0.3) is 0 Å². The molecule has 0 aromatic heterocycles. The molecule has 0 heterocycles. The molecule has 0 unspecified atom stereocenters. The summed E-state index contributed by atoms with van der Waals surface area (Å²) < 4.78 is 0. The van der Waals surface area contributed by atoms with E-state index < -0.39 is 0 Å². The Kier molecular flexibility index (Phi) is 8.37. The van der Waals surface area contributed by atoms with Gasteiger partial charge in [-0.2, -0.15) is 17.0 Å². The molecular weight excluding hydrogens is 240 g/mol. The maximum Gasteiger partial charge on any atom is 0.0991 e. The van der Waals surface area contributed by atoms with Gasteiger partial charge in [0.2, 0.25) is 0 Å². The Balaban J connectivity index is 2.05. The smallest absolute Gasteiger partial charge is 0.0991 e. The first-order valence-electron chi connectivity index (χ1n) is 6.55. The molecule has 0 radical (unpaired) electrons. The number of thioether (sulfide) groups is 1.